The third kappa shape index (κ3) is 3.76. The predicted octanol–water partition coefficient (Wildman–Crippen LogP) is 3.76. The average molecular weight is 350 g/mol. The van der Waals surface area contributed by atoms with Crippen molar-refractivity contribution in [2.75, 3.05) is 26.1 Å². The number of carbonyl (C=O) groups is 1. The van der Waals surface area contributed by atoms with Gasteiger partial charge in [-0.3, -0.25) is 4.79 Å². The summed E-state index contributed by atoms with van der Waals surface area (Å²) in [4.78, 5) is 12.2. The third-order valence-corrected chi connectivity index (χ3v) is 3.71. The monoisotopic (exact) mass is 349 g/mol. The number of hydrogen-bond donors (Lipinski definition) is 1. The van der Waals surface area contributed by atoms with Crippen molar-refractivity contribution >= 4 is 27.4 Å². The molecule has 0 bridgehead atoms. The normalized spacial score (nSPS) is 10.0. The Labute approximate surface area is 132 Å². The summed E-state index contributed by atoms with van der Waals surface area (Å²) in [5, 5.41) is 3.11. The molecule has 4 nitrogen and oxygen atoms in total. The molecule has 0 atom stereocenters. The van der Waals surface area contributed by atoms with Crippen LogP contribution in [0, 0.1) is 0 Å². The molecule has 5 heteroatoms. The second-order valence-electron chi connectivity index (χ2n) is 4.33. The molecule has 2 aromatic carbocycles. The fourth-order valence-corrected chi connectivity index (χ4v) is 2.32. The molecule has 0 aliphatic heterocycles. The van der Waals surface area contributed by atoms with E-state index in [1.165, 1.54) is 0 Å². The molecule has 0 saturated heterocycles. The van der Waals surface area contributed by atoms with Crippen LogP contribution in [0.15, 0.2) is 46.9 Å². The molecule has 0 aliphatic carbocycles. The van der Waals surface area contributed by atoms with E-state index in [4.69, 9.17) is 9.47 Å². The van der Waals surface area contributed by atoms with E-state index in [0.717, 1.165) is 10.2 Å². The molecule has 2 rings (SSSR count). The molecule has 0 spiro atoms. The van der Waals surface area contributed by atoms with Gasteiger partial charge in [0.25, 0.3) is 0 Å². The number of hydrogen-bond acceptors (Lipinski definition) is 4. The molecular weight excluding hydrogens is 334 g/mol. The van der Waals surface area contributed by atoms with Crippen LogP contribution < -0.4 is 14.8 Å². The molecule has 0 aliphatic rings. The van der Waals surface area contributed by atoms with Crippen molar-refractivity contribution in [3.63, 3.8) is 0 Å². The lowest BCUT2D eigenvalue weighted by Gasteiger charge is -2.10. The largest absolute Gasteiger partial charge is 0.493 e. The van der Waals surface area contributed by atoms with Crippen molar-refractivity contribution in [2.24, 2.45) is 0 Å². The molecule has 110 valence electrons. The number of carbonyl (C=O) groups excluding carboxylic acids is 1. The minimum atomic E-state index is -0.0216. The zero-order valence-corrected chi connectivity index (χ0v) is 13.4. The Bertz CT molecular complexity index is 643. The molecule has 0 heterocycles. The van der Waals surface area contributed by atoms with E-state index in [0.29, 0.717) is 17.1 Å². The van der Waals surface area contributed by atoms with Gasteiger partial charge in [0.2, 0.25) is 0 Å². The fraction of sp³-hybridized carbons (Fsp3) is 0.188. The van der Waals surface area contributed by atoms with Crippen LogP contribution in [0.4, 0.5) is 5.69 Å². The van der Waals surface area contributed by atoms with Crippen LogP contribution in [0.25, 0.3) is 0 Å². The average Bonchev–Trinajstić information content (AvgIpc) is 2.53. The van der Waals surface area contributed by atoms with Crippen molar-refractivity contribution in [3.8, 4) is 11.5 Å². The second kappa shape index (κ2) is 7.13. The van der Waals surface area contributed by atoms with E-state index in [2.05, 4.69) is 21.2 Å². The van der Waals surface area contributed by atoms with E-state index >= 15 is 0 Å². The van der Waals surface area contributed by atoms with Gasteiger partial charge in [-0.25, -0.2) is 0 Å². The molecule has 1 N–H and O–H groups in total. The van der Waals surface area contributed by atoms with Gasteiger partial charge in [0.05, 0.1) is 20.8 Å². The van der Waals surface area contributed by atoms with E-state index in [1.54, 1.807) is 32.4 Å². The van der Waals surface area contributed by atoms with Crippen molar-refractivity contribution in [1.82, 2.24) is 0 Å². The maximum Gasteiger partial charge on any atom is 0.181 e. The number of Topliss-reactive ketones (excluding diaryl/α,β-unsaturated/α-hetero) is 1. The lowest BCUT2D eigenvalue weighted by Crippen LogP contribution is -2.14. The van der Waals surface area contributed by atoms with Crippen LogP contribution in [0.5, 0.6) is 11.5 Å². The number of halogens is 1. The number of benzene rings is 2. The van der Waals surface area contributed by atoms with Crippen LogP contribution in [-0.4, -0.2) is 26.5 Å². The van der Waals surface area contributed by atoms with Gasteiger partial charge >= 0.3 is 0 Å². The lowest BCUT2D eigenvalue weighted by atomic mass is 10.1. The number of nitrogens with one attached hydrogen (secondary N) is 1. The number of methoxy groups -OCH3 is 2. The summed E-state index contributed by atoms with van der Waals surface area (Å²) in [5.74, 6) is 1.13. The Morgan fingerprint density at radius 2 is 1.81 bits per heavy atom. The molecule has 0 amide bonds. The van der Waals surface area contributed by atoms with E-state index in [-0.39, 0.29) is 12.3 Å². The van der Waals surface area contributed by atoms with E-state index in [9.17, 15) is 4.79 Å². The highest BCUT2D eigenvalue weighted by molar-refractivity contribution is 9.10. The number of ketones is 1. The van der Waals surface area contributed by atoms with Crippen LogP contribution in [0.1, 0.15) is 10.4 Å². The maximum absolute atomic E-state index is 12.2. The lowest BCUT2D eigenvalue weighted by molar-refractivity contribution is 0.101. The van der Waals surface area contributed by atoms with Crippen molar-refractivity contribution in [3.05, 3.63) is 52.5 Å². The zero-order valence-electron chi connectivity index (χ0n) is 11.9. The van der Waals surface area contributed by atoms with Gasteiger partial charge in [0, 0.05) is 15.7 Å². The Kier molecular flexibility index (Phi) is 5.22. The first-order valence-corrected chi connectivity index (χ1v) is 7.18. The molecular formula is C16H16BrNO3. The van der Waals surface area contributed by atoms with Crippen molar-refractivity contribution in [1.29, 1.82) is 0 Å². The molecule has 0 aromatic heterocycles. The Morgan fingerprint density at radius 1 is 1.10 bits per heavy atom. The topological polar surface area (TPSA) is 47.6 Å². The number of rotatable bonds is 6. The Hall–Kier alpha value is -2.01. The summed E-state index contributed by atoms with van der Waals surface area (Å²) in [5.41, 5.74) is 1.46. The summed E-state index contributed by atoms with van der Waals surface area (Å²) in [6.07, 6.45) is 0. The van der Waals surface area contributed by atoms with Crippen molar-refractivity contribution in [2.45, 2.75) is 0 Å². The highest BCUT2D eigenvalue weighted by atomic mass is 79.9. The summed E-state index contributed by atoms with van der Waals surface area (Å²) >= 11 is 3.43. The molecule has 2 aromatic rings. The van der Waals surface area contributed by atoms with Crippen LogP contribution in [0.3, 0.4) is 0 Å². The quantitative estimate of drug-likeness (QED) is 0.806. The maximum atomic E-state index is 12.2. The zero-order chi connectivity index (χ0) is 15.2. The predicted molar refractivity (Wildman–Crippen MR) is 86.5 cm³/mol. The Balaban J connectivity index is 2.09. The summed E-state index contributed by atoms with van der Waals surface area (Å²) in [6.45, 7) is 0.206. The third-order valence-electron chi connectivity index (χ3n) is 3.02. The van der Waals surface area contributed by atoms with Crippen LogP contribution in [0.2, 0.25) is 0 Å². The summed E-state index contributed by atoms with van der Waals surface area (Å²) < 4.78 is 11.3. The minimum absolute atomic E-state index is 0.0216. The minimum Gasteiger partial charge on any atom is -0.493 e. The van der Waals surface area contributed by atoms with Gasteiger partial charge in [0.15, 0.2) is 17.3 Å². The summed E-state index contributed by atoms with van der Waals surface area (Å²) in [6, 6.07) is 12.8. The SMILES string of the molecule is COc1ccc(C(=O)CNc2ccccc2Br)cc1OC. The van der Waals surface area contributed by atoms with E-state index < -0.39 is 0 Å². The number of para-hydroxylation sites is 1. The molecule has 0 radical (unpaired) electrons. The van der Waals surface area contributed by atoms with Gasteiger partial charge in [-0.2, -0.15) is 0 Å². The molecule has 0 unspecified atom stereocenters. The summed E-state index contributed by atoms with van der Waals surface area (Å²) in [7, 11) is 3.11. The van der Waals surface area contributed by atoms with Crippen molar-refractivity contribution < 1.29 is 14.3 Å². The number of anilines is 1. The Morgan fingerprint density at radius 3 is 2.48 bits per heavy atom. The van der Waals surface area contributed by atoms with Gasteiger partial charge in [-0.15, -0.1) is 0 Å². The first-order chi connectivity index (χ1) is 10.2. The fourth-order valence-electron chi connectivity index (χ4n) is 1.89. The molecule has 21 heavy (non-hydrogen) atoms. The molecule has 0 fully saturated rings. The number of ether oxygens (including phenoxy) is 2. The first-order valence-electron chi connectivity index (χ1n) is 6.39. The second-order valence-corrected chi connectivity index (χ2v) is 5.18. The standard InChI is InChI=1S/C16H16BrNO3/c1-20-15-8-7-11(9-16(15)21-2)14(19)10-18-13-6-4-3-5-12(13)17/h3-9,18H,10H2,1-2H3. The highest BCUT2D eigenvalue weighted by Crippen LogP contribution is 2.28. The van der Waals surface area contributed by atoms with Gasteiger partial charge in [0.1, 0.15) is 0 Å². The van der Waals surface area contributed by atoms with E-state index in [1.807, 2.05) is 24.3 Å². The van der Waals surface area contributed by atoms with Gasteiger partial charge < -0.3 is 14.8 Å². The van der Waals surface area contributed by atoms with Crippen LogP contribution in [-0.2, 0) is 0 Å². The van der Waals surface area contributed by atoms with Gasteiger partial charge in [-0.1, -0.05) is 12.1 Å². The van der Waals surface area contributed by atoms with Gasteiger partial charge in [-0.05, 0) is 46.3 Å². The highest BCUT2D eigenvalue weighted by Gasteiger charge is 2.11. The smallest absolute Gasteiger partial charge is 0.181 e. The first kappa shape index (κ1) is 15.4. The molecule has 0 saturated carbocycles. The van der Waals surface area contributed by atoms with Crippen LogP contribution >= 0.6 is 15.9 Å².